The van der Waals surface area contributed by atoms with Crippen molar-refractivity contribution in [3.63, 3.8) is 0 Å². The number of nitrogens with zero attached hydrogens (tertiary/aromatic N) is 2. The monoisotopic (exact) mass is 333 g/mol. The van der Waals surface area contributed by atoms with Crippen LogP contribution in [0.3, 0.4) is 0 Å². The van der Waals surface area contributed by atoms with Gasteiger partial charge in [0.2, 0.25) is 5.91 Å². The van der Waals surface area contributed by atoms with Gasteiger partial charge in [-0.25, -0.2) is 0 Å². The molecule has 2 rings (SSSR count). The second-order valence-corrected chi connectivity index (χ2v) is 6.93. The number of amides is 2. The molecule has 2 fully saturated rings. The summed E-state index contributed by atoms with van der Waals surface area (Å²) in [6.07, 6.45) is 1.28. The maximum absolute atomic E-state index is 12.4. The molecule has 6 nitrogen and oxygen atoms in total. The molecule has 2 saturated heterocycles. The second-order valence-electron chi connectivity index (χ2n) is 6.93. The van der Waals surface area contributed by atoms with Gasteiger partial charge in [0.15, 0.2) is 0 Å². The molecule has 2 heterocycles. The molecule has 0 aromatic carbocycles. The van der Waals surface area contributed by atoms with Crippen LogP contribution in [0, 0.1) is 5.41 Å². The molecule has 0 spiro atoms. The number of rotatable bonds is 2. The van der Waals surface area contributed by atoms with E-state index in [9.17, 15) is 9.59 Å². The number of carbonyl (C=O) groups is 2. The van der Waals surface area contributed by atoms with E-state index in [2.05, 4.69) is 0 Å². The van der Waals surface area contributed by atoms with Crippen LogP contribution in [-0.2, 0) is 14.3 Å². The maximum atomic E-state index is 12.4. The smallest absolute Gasteiger partial charge is 0.251 e. The Morgan fingerprint density at radius 2 is 1.64 bits per heavy atom. The quantitative estimate of drug-likeness (QED) is 0.804. The van der Waals surface area contributed by atoms with Gasteiger partial charge in [-0.1, -0.05) is 20.8 Å². The Balaban J connectivity index is 0.00000242. The topological polar surface area (TPSA) is 75.9 Å². The first-order valence-corrected chi connectivity index (χ1v) is 7.76. The third kappa shape index (κ3) is 4.33. The molecule has 22 heavy (non-hydrogen) atoms. The van der Waals surface area contributed by atoms with Crippen molar-refractivity contribution in [1.82, 2.24) is 9.80 Å². The van der Waals surface area contributed by atoms with Crippen molar-refractivity contribution in [2.45, 2.75) is 45.8 Å². The summed E-state index contributed by atoms with van der Waals surface area (Å²) in [5, 5.41) is 0. The van der Waals surface area contributed by atoms with E-state index in [1.807, 2.05) is 30.6 Å². The van der Waals surface area contributed by atoms with Crippen LogP contribution in [-0.4, -0.2) is 66.5 Å². The summed E-state index contributed by atoms with van der Waals surface area (Å²) in [4.78, 5) is 28.3. The zero-order chi connectivity index (χ0) is 15.6. The average molecular weight is 334 g/mol. The Labute approximate surface area is 138 Å². The standard InChI is InChI=1S/C15H27N3O3.ClH/c1-15(2,3)14(20)18-8-6-17(7-9-18)13(19)12-5-4-11(10-16)21-12;/h11-12H,4-10,16H2,1-3H3;1H/t11-,12+;/m1./s1. The Hall–Kier alpha value is -0.850. The molecule has 0 unspecified atom stereocenters. The largest absolute Gasteiger partial charge is 0.364 e. The summed E-state index contributed by atoms with van der Waals surface area (Å²) in [5.41, 5.74) is 5.21. The minimum absolute atomic E-state index is 0. The van der Waals surface area contributed by atoms with Gasteiger partial charge in [-0.3, -0.25) is 9.59 Å². The number of carbonyl (C=O) groups excluding carboxylic acids is 2. The van der Waals surface area contributed by atoms with Crippen molar-refractivity contribution >= 4 is 24.2 Å². The number of halogens is 1. The highest BCUT2D eigenvalue weighted by molar-refractivity contribution is 5.85. The second kappa shape index (κ2) is 7.62. The predicted octanol–water partition coefficient (Wildman–Crippen LogP) is 0.631. The van der Waals surface area contributed by atoms with Crippen molar-refractivity contribution in [2.75, 3.05) is 32.7 Å². The first-order chi connectivity index (χ1) is 9.82. The highest BCUT2D eigenvalue weighted by Crippen LogP contribution is 2.22. The number of hydrogen-bond donors (Lipinski definition) is 1. The van der Waals surface area contributed by atoms with Crippen LogP contribution in [0.2, 0.25) is 0 Å². The molecule has 0 aromatic heterocycles. The third-order valence-electron chi connectivity index (χ3n) is 4.17. The highest BCUT2D eigenvalue weighted by atomic mass is 35.5. The maximum Gasteiger partial charge on any atom is 0.251 e. The van der Waals surface area contributed by atoms with Gasteiger partial charge in [0.25, 0.3) is 5.91 Å². The molecule has 0 saturated carbocycles. The fourth-order valence-electron chi connectivity index (χ4n) is 2.87. The zero-order valence-corrected chi connectivity index (χ0v) is 14.5. The van der Waals surface area contributed by atoms with Crippen LogP contribution in [0.25, 0.3) is 0 Å². The van der Waals surface area contributed by atoms with Crippen LogP contribution < -0.4 is 5.73 Å². The van der Waals surface area contributed by atoms with Crippen molar-refractivity contribution in [1.29, 1.82) is 0 Å². The summed E-state index contributed by atoms with van der Waals surface area (Å²) in [6.45, 7) is 8.63. The summed E-state index contributed by atoms with van der Waals surface area (Å²) < 4.78 is 5.66. The Morgan fingerprint density at radius 1 is 1.09 bits per heavy atom. The van der Waals surface area contributed by atoms with Gasteiger partial charge in [-0.2, -0.15) is 0 Å². The first kappa shape index (κ1) is 19.2. The van der Waals surface area contributed by atoms with Crippen LogP contribution in [0.4, 0.5) is 0 Å². The molecule has 0 aromatic rings. The average Bonchev–Trinajstić information content (AvgIpc) is 2.94. The number of ether oxygens (including phenoxy) is 1. The molecule has 7 heteroatoms. The molecule has 0 radical (unpaired) electrons. The SMILES string of the molecule is CC(C)(C)C(=O)N1CCN(C(=O)[C@@H]2CC[C@H](CN)O2)CC1.Cl. The number of piperazine rings is 1. The van der Waals surface area contributed by atoms with Crippen LogP contribution in [0.5, 0.6) is 0 Å². The van der Waals surface area contributed by atoms with E-state index >= 15 is 0 Å². The minimum Gasteiger partial charge on any atom is -0.364 e. The summed E-state index contributed by atoms with van der Waals surface area (Å²) in [5.74, 6) is 0.198. The normalized spacial score (nSPS) is 25.8. The lowest BCUT2D eigenvalue weighted by molar-refractivity contribution is -0.149. The third-order valence-corrected chi connectivity index (χ3v) is 4.17. The van der Waals surface area contributed by atoms with E-state index < -0.39 is 0 Å². The minimum atomic E-state index is -0.366. The van der Waals surface area contributed by atoms with Gasteiger partial charge < -0.3 is 20.3 Å². The van der Waals surface area contributed by atoms with Gasteiger partial charge in [0.1, 0.15) is 6.10 Å². The van der Waals surface area contributed by atoms with Crippen molar-refractivity contribution in [2.24, 2.45) is 11.1 Å². The Morgan fingerprint density at radius 3 is 2.09 bits per heavy atom. The number of nitrogens with two attached hydrogens (primary N) is 1. The van der Waals surface area contributed by atoms with E-state index in [0.29, 0.717) is 32.7 Å². The summed E-state index contributed by atoms with van der Waals surface area (Å²) in [6, 6.07) is 0. The van der Waals surface area contributed by atoms with E-state index in [4.69, 9.17) is 10.5 Å². The van der Waals surface area contributed by atoms with Gasteiger partial charge in [0.05, 0.1) is 6.10 Å². The molecule has 2 N–H and O–H groups in total. The number of hydrogen-bond acceptors (Lipinski definition) is 4. The lowest BCUT2D eigenvalue weighted by Gasteiger charge is -2.38. The molecule has 2 atom stereocenters. The molecule has 2 aliphatic heterocycles. The van der Waals surface area contributed by atoms with E-state index in [1.54, 1.807) is 0 Å². The fraction of sp³-hybridized carbons (Fsp3) is 0.867. The molecule has 0 aliphatic carbocycles. The van der Waals surface area contributed by atoms with Gasteiger partial charge in [-0.15, -0.1) is 12.4 Å². The highest BCUT2D eigenvalue weighted by Gasteiger charge is 2.36. The Bertz CT molecular complexity index is 403. The predicted molar refractivity (Wildman–Crippen MR) is 86.8 cm³/mol. The van der Waals surface area contributed by atoms with E-state index in [1.165, 1.54) is 0 Å². The molecule has 2 aliphatic rings. The Kier molecular flexibility index (Phi) is 6.65. The van der Waals surface area contributed by atoms with Crippen molar-refractivity contribution < 1.29 is 14.3 Å². The molecule has 2 amide bonds. The van der Waals surface area contributed by atoms with Crippen LogP contribution in [0.1, 0.15) is 33.6 Å². The fourth-order valence-corrected chi connectivity index (χ4v) is 2.87. The van der Waals surface area contributed by atoms with Gasteiger partial charge >= 0.3 is 0 Å². The lowest BCUT2D eigenvalue weighted by Crippen LogP contribution is -2.54. The first-order valence-electron chi connectivity index (χ1n) is 7.76. The molecular formula is C15H28ClN3O3. The van der Waals surface area contributed by atoms with Gasteiger partial charge in [0, 0.05) is 38.1 Å². The lowest BCUT2D eigenvalue weighted by atomic mass is 9.94. The van der Waals surface area contributed by atoms with Crippen molar-refractivity contribution in [3.8, 4) is 0 Å². The van der Waals surface area contributed by atoms with Crippen LogP contribution in [0.15, 0.2) is 0 Å². The molecular weight excluding hydrogens is 306 g/mol. The van der Waals surface area contributed by atoms with Crippen molar-refractivity contribution in [3.05, 3.63) is 0 Å². The zero-order valence-electron chi connectivity index (χ0n) is 13.7. The molecule has 128 valence electrons. The summed E-state index contributed by atoms with van der Waals surface area (Å²) >= 11 is 0. The van der Waals surface area contributed by atoms with Crippen LogP contribution >= 0.6 is 12.4 Å². The van der Waals surface area contributed by atoms with E-state index in [-0.39, 0.29) is 41.8 Å². The molecule has 0 bridgehead atoms. The summed E-state index contributed by atoms with van der Waals surface area (Å²) in [7, 11) is 0. The van der Waals surface area contributed by atoms with Gasteiger partial charge in [-0.05, 0) is 12.8 Å². The van der Waals surface area contributed by atoms with E-state index in [0.717, 1.165) is 12.8 Å².